The van der Waals surface area contributed by atoms with E-state index in [1.165, 1.54) is 24.0 Å². The van der Waals surface area contributed by atoms with Gasteiger partial charge in [-0.3, -0.25) is 14.9 Å². The van der Waals surface area contributed by atoms with Crippen LogP contribution in [0.4, 0.5) is 10.6 Å². The summed E-state index contributed by atoms with van der Waals surface area (Å²) in [5.41, 5.74) is 2.71. The number of hydrogen-bond acceptors (Lipinski definition) is 5. The molecule has 2 aliphatic heterocycles. The highest BCUT2D eigenvalue weighted by Gasteiger charge is 2.46. The van der Waals surface area contributed by atoms with Gasteiger partial charge in [-0.25, -0.2) is 9.78 Å². The lowest BCUT2D eigenvalue weighted by Crippen LogP contribution is -2.49. The number of piperazine rings is 1. The van der Waals surface area contributed by atoms with Crippen LogP contribution in [0.5, 0.6) is 0 Å². The van der Waals surface area contributed by atoms with Crippen LogP contribution in [0.3, 0.4) is 0 Å². The molecule has 1 saturated carbocycles. The van der Waals surface area contributed by atoms with E-state index in [0.29, 0.717) is 36.6 Å². The van der Waals surface area contributed by atoms with E-state index >= 15 is 0 Å². The number of amides is 4. The summed E-state index contributed by atoms with van der Waals surface area (Å²) < 4.78 is 0. The number of carbonyl (C=O) groups excluding carboxylic acids is 3. The molecule has 8 nitrogen and oxygen atoms in total. The summed E-state index contributed by atoms with van der Waals surface area (Å²) >= 11 is 0. The van der Waals surface area contributed by atoms with Gasteiger partial charge in [-0.15, -0.1) is 0 Å². The summed E-state index contributed by atoms with van der Waals surface area (Å²) in [7, 11) is 0. The highest BCUT2D eigenvalue weighted by atomic mass is 16.2. The average Bonchev–Trinajstić information content (AvgIpc) is 3.63. The molecule has 3 fully saturated rings. The van der Waals surface area contributed by atoms with Crippen molar-refractivity contribution < 1.29 is 14.4 Å². The molecule has 2 aromatic rings. The SMILES string of the molecule is CC[C@]1(c2ccc(C(=O)N3CCN(c4ncc(C5CC5)cc4C)CC3)cc2)NC(=O)NC1=O. The molecule has 0 bridgehead atoms. The summed E-state index contributed by atoms with van der Waals surface area (Å²) in [5, 5.41) is 5.03. The smallest absolute Gasteiger partial charge is 0.322 e. The Bertz CT molecular complexity index is 1100. The van der Waals surface area contributed by atoms with Gasteiger partial charge in [-0.05, 0) is 60.9 Å². The third-order valence-corrected chi connectivity index (χ3v) is 7.08. The standard InChI is InChI=1S/C25H29N5O3/c1-3-25(23(32)27-24(33)28-25)20-8-6-18(7-9-20)22(31)30-12-10-29(11-13-30)21-16(2)14-19(15-26-21)17-4-5-17/h6-9,14-15,17H,3-5,10-13H2,1-2H3,(H2,27,28,32,33)/t25-/m1/s1. The number of urea groups is 1. The van der Waals surface area contributed by atoms with Gasteiger partial charge in [0, 0.05) is 37.9 Å². The summed E-state index contributed by atoms with van der Waals surface area (Å²) in [6, 6.07) is 8.75. The molecule has 3 aliphatic rings. The Hall–Kier alpha value is -3.42. The van der Waals surface area contributed by atoms with Gasteiger partial charge in [0.15, 0.2) is 0 Å². The van der Waals surface area contributed by atoms with Crippen LogP contribution >= 0.6 is 0 Å². The van der Waals surface area contributed by atoms with Crippen molar-refractivity contribution in [2.75, 3.05) is 31.1 Å². The lowest BCUT2D eigenvalue weighted by molar-refractivity contribution is -0.124. The lowest BCUT2D eigenvalue weighted by atomic mass is 9.87. The second-order valence-electron chi connectivity index (χ2n) is 9.21. The van der Waals surface area contributed by atoms with Gasteiger partial charge in [0.05, 0.1) is 0 Å². The van der Waals surface area contributed by atoms with E-state index in [9.17, 15) is 14.4 Å². The lowest BCUT2D eigenvalue weighted by Gasteiger charge is -2.36. The van der Waals surface area contributed by atoms with Gasteiger partial charge in [0.1, 0.15) is 11.4 Å². The maximum atomic E-state index is 13.1. The Morgan fingerprint density at radius 1 is 1.12 bits per heavy atom. The average molecular weight is 448 g/mol. The van der Waals surface area contributed by atoms with E-state index in [4.69, 9.17) is 4.98 Å². The van der Waals surface area contributed by atoms with Crippen molar-refractivity contribution in [1.29, 1.82) is 0 Å². The Morgan fingerprint density at radius 2 is 1.82 bits per heavy atom. The van der Waals surface area contributed by atoms with E-state index in [2.05, 4.69) is 28.5 Å². The Kier molecular flexibility index (Phi) is 5.31. The Balaban J connectivity index is 1.24. The van der Waals surface area contributed by atoms with Crippen molar-refractivity contribution in [2.24, 2.45) is 0 Å². The van der Waals surface area contributed by atoms with Crippen molar-refractivity contribution in [2.45, 2.75) is 44.6 Å². The molecule has 5 rings (SSSR count). The normalized spacial score (nSPS) is 22.8. The van der Waals surface area contributed by atoms with Gasteiger partial charge in [0.25, 0.3) is 11.8 Å². The first-order valence-electron chi connectivity index (χ1n) is 11.7. The van der Waals surface area contributed by atoms with Crippen molar-refractivity contribution in [1.82, 2.24) is 20.5 Å². The zero-order valence-corrected chi connectivity index (χ0v) is 19.1. The first-order valence-corrected chi connectivity index (χ1v) is 11.7. The van der Waals surface area contributed by atoms with Crippen LogP contribution in [-0.2, 0) is 10.3 Å². The fraction of sp³-hybridized carbons (Fsp3) is 0.440. The maximum absolute atomic E-state index is 13.1. The molecule has 0 spiro atoms. The summed E-state index contributed by atoms with van der Waals surface area (Å²) in [6.07, 6.45) is 4.97. The molecule has 33 heavy (non-hydrogen) atoms. The molecule has 1 atom stereocenters. The number of benzene rings is 1. The number of rotatable bonds is 5. The second-order valence-corrected chi connectivity index (χ2v) is 9.21. The van der Waals surface area contributed by atoms with Crippen molar-refractivity contribution >= 4 is 23.7 Å². The van der Waals surface area contributed by atoms with Gasteiger partial charge in [-0.2, -0.15) is 0 Å². The number of anilines is 1. The molecule has 1 aromatic carbocycles. The molecule has 2 N–H and O–H groups in total. The predicted molar refractivity (Wildman–Crippen MR) is 124 cm³/mol. The van der Waals surface area contributed by atoms with Crippen molar-refractivity contribution in [3.8, 4) is 0 Å². The molecule has 0 unspecified atom stereocenters. The minimum Gasteiger partial charge on any atom is -0.353 e. The number of hydrogen-bond donors (Lipinski definition) is 2. The van der Waals surface area contributed by atoms with E-state index in [1.54, 1.807) is 24.3 Å². The topological polar surface area (TPSA) is 94.6 Å². The molecule has 172 valence electrons. The van der Waals surface area contributed by atoms with Crippen LogP contribution in [-0.4, -0.2) is 53.9 Å². The Morgan fingerprint density at radius 3 is 2.36 bits per heavy atom. The van der Waals surface area contributed by atoms with E-state index in [0.717, 1.165) is 18.9 Å². The summed E-state index contributed by atoms with van der Waals surface area (Å²) in [6.45, 7) is 6.70. The first-order chi connectivity index (χ1) is 15.9. The second kappa shape index (κ2) is 8.17. The molecular weight excluding hydrogens is 418 g/mol. The number of imide groups is 1. The van der Waals surface area contributed by atoms with Crippen LogP contribution in [0, 0.1) is 6.92 Å². The minimum atomic E-state index is -1.08. The van der Waals surface area contributed by atoms with Crippen LogP contribution in [0.2, 0.25) is 0 Å². The van der Waals surface area contributed by atoms with Crippen LogP contribution in [0.25, 0.3) is 0 Å². The molecule has 4 amide bonds. The number of pyridine rings is 1. The zero-order valence-electron chi connectivity index (χ0n) is 19.1. The van der Waals surface area contributed by atoms with Crippen molar-refractivity contribution in [3.05, 3.63) is 58.8 Å². The van der Waals surface area contributed by atoms with Crippen LogP contribution in [0.15, 0.2) is 36.5 Å². The number of aromatic nitrogens is 1. The number of carbonyl (C=O) groups is 3. The number of aryl methyl sites for hydroxylation is 1. The number of nitrogens with one attached hydrogen (secondary N) is 2. The minimum absolute atomic E-state index is 0.0274. The van der Waals surface area contributed by atoms with Gasteiger partial charge < -0.3 is 15.1 Å². The molecule has 3 heterocycles. The fourth-order valence-corrected chi connectivity index (χ4v) is 4.91. The van der Waals surface area contributed by atoms with Gasteiger partial charge in [-0.1, -0.05) is 25.1 Å². The molecule has 1 aliphatic carbocycles. The molecule has 2 saturated heterocycles. The van der Waals surface area contributed by atoms with Gasteiger partial charge in [0.2, 0.25) is 0 Å². The monoisotopic (exact) mass is 447 g/mol. The Labute approximate surface area is 193 Å². The van der Waals surface area contributed by atoms with E-state index < -0.39 is 11.6 Å². The van der Waals surface area contributed by atoms with Crippen LogP contribution in [0.1, 0.15) is 59.2 Å². The largest absolute Gasteiger partial charge is 0.353 e. The van der Waals surface area contributed by atoms with Gasteiger partial charge >= 0.3 is 6.03 Å². The fourth-order valence-electron chi connectivity index (χ4n) is 4.91. The highest BCUT2D eigenvalue weighted by molar-refractivity contribution is 6.07. The number of nitrogens with zero attached hydrogens (tertiary/aromatic N) is 3. The highest BCUT2D eigenvalue weighted by Crippen LogP contribution is 2.40. The molecular formula is C25H29N5O3. The maximum Gasteiger partial charge on any atom is 0.322 e. The molecule has 1 aromatic heterocycles. The third-order valence-electron chi connectivity index (χ3n) is 7.08. The third kappa shape index (κ3) is 3.83. The first kappa shape index (κ1) is 21.4. The summed E-state index contributed by atoms with van der Waals surface area (Å²) in [4.78, 5) is 45.9. The van der Waals surface area contributed by atoms with Crippen LogP contribution < -0.4 is 15.5 Å². The molecule has 8 heteroatoms. The van der Waals surface area contributed by atoms with E-state index in [-0.39, 0.29) is 11.8 Å². The van der Waals surface area contributed by atoms with E-state index in [1.807, 2.05) is 18.0 Å². The summed E-state index contributed by atoms with van der Waals surface area (Å²) in [5.74, 6) is 1.31. The quantitative estimate of drug-likeness (QED) is 0.688. The van der Waals surface area contributed by atoms with Crippen molar-refractivity contribution in [3.63, 3.8) is 0 Å². The zero-order chi connectivity index (χ0) is 23.2. The molecule has 0 radical (unpaired) electrons. The predicted octanol–water partition coefficient (Wildman–Crippen LogP) is 2.67.